The van der Waals surface area contributed by atoms with Crippen LogP contribution >= 0.6 is 11.8 Å². The second kappa shape index (κ2) is 7.23. The number of piperazine rings is 1. The van der Waals surface area contributed by atoms with Gasteiger partial charge in [0, 0.05) is 36.5 Å². The number of fused-ring (bicyclic) bond motifs is 1. The Morgan fingerprint density at radius 2 is 1.76 bits per heavy atom. The van der Waals surface area contributed by atoms with E-state index < -0.39 is 0 Å². The predicted octanol–water partition coefficient (Wildman–Crippen LogP) is 3.86. The molecule has 0 aromatic heterocycles. The summed E-state index contributed by atoms with van der Waals surface area (Å²) in [7, 11) is 0. The van der Waals surface area contributed by atoms with E-state index in [4.69, 9.17) is 0 Å². The fraction of sp³-hybridized carbons (Fsp3) is 1.00. The molecule has 0 aromatic rings. The van der Waals surface area contributed by atoms with Gasteiger partial charge in [-0.05, 0) is 50.8 Å². The molecule has 3 aliphatic rings. The second-order valence-corrected chi connectivity index (χ2v) is 8.97. The monoisotopic (exact) mass is 310 g/mol. The Balaban J connectivity index is 1.71. The molecule has 0 radical (unpaired) electrons. The van der Waals surface area contributed by atoms with Crippen molar-refractivity contribution in [3.05, 3.63) is 0 Å². The van der Waals surface area contributed by atoms with Gasteiger partial charge in [-0.25, -0.2) is 0 Å². The average molecular weight is 311 g/mol. The Morgan fingerprint density at radius 1 is 0.952 bits per heavy atom. The van der Waals surface area contributed by atoms with Crippen LogP contribution in [0.1, 0.15) is 58.8 Å². The smallest absolute Gasteiger partial charge is 0.0249 e. The highest BCUT2D eigenvalue weighted by Crippen LogP contribution is 2.35. The number of rotatable bonds is 3. The second-order valence-electron chi connectivity index (χ2n) is 7.83. The third-order valence-corrected chi connectivity index (χ3v) is 7.28. The molecule has 0 aromatic carbocycles. The molecular weight excluding hydrogens is 276 g/mol. The number of nitrogens with zero attached hydrogens (tertiary/aromatic N) is 2. The van der Waals surface area contributed by atoms with Crippen LogP contribution in [0.2, 0.25) is 0 Å². The maximum absolute atomic E-state index is 2.96. The summed E-state index contributed by atoms with van der Waals surface area (Å²) in [6.45, 7) is 8.94. The molecule has 2 saturated heterocycles. The summed E-state index contributed by atoms with van der Waals surface area (Å²) in [4.78, 5) is 5.78. The van der Waals surface area contributed by atoms with Gasteiger partial charge in [0.05, 0.1) is 0 Å². The summed E-state index contributed by atoms with van der Waals surface area (Å²) in [5.74, 6) is 0.794. The predicted molar refractivity (Wildman–Crippen MR) is 94.1 cm³/mol. The fourth-order valence-corrected chi connectivity index (χ4v) is 5.70. The molecule has 0 spiro atoms. The summed E-state index contributed by atoms with van der Waals surface area (Å²) in [6.07, 6.45) is 12.4. The highest BCUT2D eigenvalue weighted by Gasteiger charge is 2.40. The molecular formula is C18H34N2S. The summed E-state index contributed by atoms with van der Waals surface area (Å²) in [5, 5.41) is 0.918. The van der Waals surface area contributed by atoms with E-state index in [1.54, 1.807) is 0 Å². The Hall–Kier alpha value is 0.270. The van der Waals surface area contributed by atoms with Crippen molar-refractivity contribution in [1.29, 1.82) is 0 Å². The van der Waals surface area contributed by atoms with Gasteiger partial charge in [0.15, 0.2) is 0 Å². The molecule has 3 fully saturated rings. The molecule has 1 saturated carbocycles. The largest absolute Gasteiger partial charge is 0.298 e. The normalized spacial score (nSPS) is 39.4. The third-order valence-electron chi connectivity index (χ3n) is 6.19. The van der Waals surface area contributed by atoms with Crippen LogP contribution in [0, 0.1) is 5.92 Å². The molecule has 3 rings (SSSR count). The summed E-state index contributed by atoms with van der Waals surface area (Å²) in [5.41, 5.74) is 0. The molecule has 2 aliphatic heterocycles. The SMILES string of the molecule is CSC1CCCC(N2CC3CCCCN3CC2C(C)C)C1. The van der Waals surface area contributed by atoms with E-state index >= 15 is 0 Å². The molecule has 0 bridgehead atoms. The van der Waals surface area contributed by atoms with Crippen molar-refractivity contribution < 1.29 is 0 Å². The van der Waals surface area contributed by atoms with Gasteiger partial charge in [0.25, 0.3) is 0 Å². The van der Waals surface area contributed by atoms with E-state index in [2.05, 4.69) is 41.7 Å². The van der Waals surface area contributed by atoms with Gasteiger partial charge in [-0.2, -0.15) is 11.8 Å². The maximum atomic E-state index is 2.96. The van der Waals surface area contributed by atoms with Crippen LogP contribution in [0.4, 0.5) is 0 Å². The molecule has 4 unspecified atom stereocenters. The van der Waals surface area contributed by atoms with Crippen molar-refractivity contribution in [1.82, 2.24) is 9.80 Å². The van der Waals surface area contributed by atoms with Crippen LogP contribution in [-0.4, -0.2) is 59.1 Å². The Morgan fingerprint density at radius 3 is 2.52 bits per heavy atom. The molecule has 2 heterocycles. The first-order valence-electron chi connectivity index (χ1n) is 9.21. The van der Waals surface area contributed by atoms with Gasteiger partial charge in [0.1, 0.15) is 0 Å². The van der Waals surface area contributed by atoms with E-state index in [-0.39, 0.29) is 0 Å². The highest BCUT2D eigenvalue weighted by atomic mass is 32.2. The first-order valence-corrected chi connectivity index (χ1v) is 10.5. The van der Waals surface area contributed by atoms with Gasteiger partial charge in [0.2, 0.25) is 0 Å². The van der Waals surface area contributed by atoms with E-state index in [9.17, 15) is 0 Å². The van der Waals surface area contributed by atoms with E-state index in [1.165, 1.54) is 64.6 Å². The Bertz CT molecular complexity index is 333. The van der Waals surface area contributed by atoms with Gasteiger partial charge in [-0.15, -0.1) is 0 Å². The van der Waals surface area contributed by atoms with Gasteiger partial charge < -0.3 is 0 Å². The van der Waals surface area contributed by atoms with Crippen LogP contribution in [-0.2, 0) is 0 Å². The molecule has 21 heavy (non-hydrogen) atoms. The minimum absolute atomic E-state index is 0.794. The number of thioether (sulfide) groups is 1. The highest BCUT2D eigenvalue weighted by molar-refractivity contribution is 7.99. The third kappa shape index (κ3) is 3.61. The number of hydrogen-bond acceptors (Lipinski definition) is 3. The lowest BCUT2D eigenvalue weighted by molar-refractivity contribution is -0.0368. The topological polar surface area (TPSA) is 6.48 Å². The first-order chi connectivity index (χ1) is 10.2. The van der Waals surface area contributed by atoms with Crippen LogP contribution in [0.25, 0.3) is 0 Å². The zero-order valence-electron chi connectivity index (χ0n) is 14.3. The zero-order chi connectivity index (χ0) is 14.8. The van der Waals surface area contributed by atoms with Crippen LogP contribution in [0.5, 0.6) is 0 Å². The van der Waals surface area contributed by atoms with Crippen LogP contribution < -0.4 is 0 Å². The fourth-order valence-electron chi connectivity index (χ4n) is 4.88. The summed E-state index contributed by atoms with van der Waals surface area (Å²) < 4.78 is 0. The molecule has 2 nitrogen and oxygen atoms in total. The summed E-state index contributed by atoms with van der Waals surface area (Å²) >= 11 is 2.11. The van der Waals surface area contributed by atoms with Crippen LogP contribution in [0.3, 0.4) is 0 Å². The van der Waals surface area contributed by atoms with Crippen molar-refractivity contribution in [2.24, 2.45) is 5.92 Å². The lowest BCUT2D eigenvalue weighted by Crippen LogP contribution is -2.63. The minimum atomic E-state index is 0.794. The molecule has 0 amide bonds. The van der Waals surface area contributed by atoms with Gasteiger partial charge in [-0.1, -0.05) is 26.7 Å². The zero-order valence-corrected chi connectivity index (χ0v) is 15.1. The van der Waals surface area contributed by atoms with Crippen molar-refractivity contribution in [2.75, 3.05) is 25.9 Å². The van der Waals surface area contributed by atoms with Gasteiger partial charge in [-0.3, -0.25) is 9.80 Å². The lowest BCUT2D eigenvalue weighted by atomic mass is 9.86. The molecule has 122 valence electrons. The Labute approximate surface area is 136 Å². The quantitative estimate of drug-likeness (QED) is 0.781. The van der Waals surface area contributed by atoms with Crippen LogP contribution in [0.15, 0.2) is 0 Å². The van der Waals surface area contributed by atoms with Crippen molar-refractivity contribution in [3.8, 4) is 0 Å². The van der Waals surface area contributed by atoms with Gasteiger partial charge >= 0.3 is 0 Å². The standard InChI is InChI=1S/C18H34N2S/c1-14(2)18-13-19-10-5-4-7-16(19)12-20(18)15-8-6-9-17(11-15)21-3/h14-18H,4-13H2,1-3H3. The van der Waals surface area contributed by atoms with E-state index in [0.717, 1.165) is 29.3 Å². The number of piperidine rings is 1. The minimum Gasteiger partial charge on any atom is -0.298 e. The molecule has 3 heteroatoms. The van der Waals surface area contributed by atoms with E-state index in [1.807, 2.05) is 0 Å². The molecule has 1 aliphatic carbocycles. The van der Waals surface area contributed by atoms with E-state index in [0.29, 0.717) is 0 Å². The molecule has 4 atom stereocenters. The average Bonchev–Trinajstić information content (AvgIpc) is 2.53. The Kier molecular flexibility index (Phi) is 5.55. The lowest BCUT2D eigenvalue weighted by Gasteiger charge is -2.53. The van der Waals surface area contributed by atoms with Crippen molar-refractivity contribution >= 4 is 11.8 Å². The van der Waals surface area contributed by atoms with Crippen molar-refractivity contribution in [3.63, 3.8) is 0 Å². The number of hydrogen-bond donors (Lipinski definition) is 0. The molecule has 0 N–H and O–H groups in total. The maximum Gasteiger partial charge on any atom is 0.0249 e. The summed E-state index contributed by atoms with van der Waals surface area (Å²) in [6, 6.07) is 2.53. The first kappa shape index (κ1) is 16.1. The van der Waals surface area contributed by atoms with Crippen molar-refractivity contribution in [2.45, 2.75) is 82.2 Å².